The van der Waals surface area contributed by atoms with E-state index >= 15 is 0 Å². The molecule has 2 aromatic carbocycles. The van der Waals surface area contributed by atoms with Crippen LogP contribution in [-0.2, 0) is 12.6 Å². The van der Waals surface area contributed by atoms with E-state index < -0.39 is 45.2 Å². The molecule has 0 amide bonds. The maximum atomic E-state index is 13.9. The average molecular weight is 508 g/mol. The third kappa shape index (κ3) is 4.63. The van der Waals surface area contributed by atoms with Gasteiger partial charge in [-0.15, -0.1) is 0 Å². The van der Waals surface area contributed by atoms with Crippen molar-refractivity contribution in [3.05, 3.63) is 80.9 Å². The lowest BCUT2D eigenvalue weighted by molar-refractivity contribution is -0.137. The molecule has 1 aromatic heterocycles. The van der Waals surface area contributed by atoms with Crippen LogP contribution in [0.25, 0.3) is 17.1 Å². The highest BCUT2D eigenvalue weighted by Gasteiger charge is 2.41. The smallest absolute Gasteiger partial charge is 0.341 e. The summed E-state index contributed by atoms with van der Waals surface area (Å²) in [7, 11) is 0. The molecule has 1 aliphatic heterocycles. The Morgan fingerprint density at radius 1 is 0.879 bits per heavy atom. The number of H-pyrrole nitrogens is 1. The van der Waals surface area contributed by atoms with E-state index in [1.807, 2.05) is 0 Å². The van der Waals surface area contributed by atoms with E-state index in [1.165, 1.54) is 18.2 Å². The summed E-state index contributed by atoms with van der Waals surface area (Å²) < 4.78 is 93.7. The third-order valence-corrected chi connectivity index (χ3v) is 5.35. The zero-order valence-electron chi connectivity index (χ0n) is 16.0. The SMILES string of the molecule is Fc1ccc(C2=CCc3[nH]c(-c4c(Cl)cc(C(F)(F)F)cc4Cl)nc3C(C(F)(F)F)=N2)cc1. The summed E-state index contributed by atoms with van der Waals surface area (Å²) in [5.41, 5.74) is -2.93. The Bertz CT molecular complexity index is 1260. The minimum Gasteiger partial charge on any atom is -0.341 e. The minimum absolute atomic E-state index is 0.00483. The number of hydrogen-bond donors (Lipinski definition) is 1. The number of rotatable bonds is 2. The summed E-state index contributed by atoms with van der Waals surface area (Å²) in [6.07, 6.45) is -8.32. The van der Waals surface area contributed by atoms with Crippen molar-refractivity contribution in [3.63, 3.8) is 0 Å². The van der Waals surface area contributed by atoms with E-state index in [0.717, 1.165) is 12.1 Å². The van der Waals surface area contributed by atoms with Crippen molar-refractivity contribution in [2.24, 2.45) is 4.99 Å². The molecule has 0 spiro atoms. The van der Waals surface area contributed by atoms with Gasteiger partial charge >= 0.3 is 12.4 Å². The first-order valence-electron chi connectivity index (χ1n) is 9.12. The molecule has 0 saturated carbocycles. The minimum atomic E-state index is -4.92. The fourth-order valence-corrected chi connectivity index (χ4v) is 3.92. The number of nitrogens with zero attached hydrogens (tertiary/aromatic N) is 2. The van der Waals surface area contributed by atoms with Crippen LogP contribution in [0, 0.1) is 5.82 Å². The predicted molar refractivity (Wildman–Crippen MR) is 110 cm³/mol. The van der Waals surface area contributed by atoms with Gasteiger partial charge in [0.05, 0.1) is 26.9 Å². The first kappa shape index (κ1) is 23.3. The Hall–Kier alpha value is -2.85. The van der Waals surface area contributed by atoms with Gasteiger partial charge in [0, 0.05) is 17.7 Å². The first-order chi connectivity index (χ1) is 15.3. The standard InChI is InChI=1S/C21H10Cl2F7N3/c22-12-7-10(20(25,26)27)8-13(23)16(12)19-32-15-6-5-14(9-1-3-11(24)4-2-9)31-18(17(15)33-19)21(28,29)30/h1-5,7-8H,6H2,(H,32,33). The van der Waals surface area contributed by atoms with E-state index in [9.17, 15) is 30.7 Å². The molecule has 0 aliphatic carbocycles. The normalized spacial score (nSPS) is 14.5. The van der Waals surface area contributed by atoms with Crippen LogP contribution in [0.3, 0.4) is 0 Å². The number of alkyl halides is 6. The second-order valence-corrected chi connectivity index (χ2v) is 7.80. The maximum absolute atomic E-state index is 13.9. The van der Waals surface area contributed by atoms with Crippen molar-refractivity contribution in [1.82, 2.24) is 9.97 Å². The van der Waals surface area contributed by atoms with Crippen molar-refractivity contribution in [3.8, 4) is 11.4 Å². The number of aromatic amines is 1. The van der Waals surface area contributed by atoms with Gasteiger partial charge in [-0.25, -0.2) is 14.4 Å². The van der Waals surface area contributed by atoms with Crippen LogP contribution in [0.5, 0.6) is 0 Å². The van der Waals surface area contributed by atoms with Gasteiger partial charge in [-0.2, -0.15) is 26.3 Å². The molecule has 33 heavy (non-hydrogen) atoms. The Labute approximate surface area is 191 Å². The Kier molecular flexibility index (Phi) is 5.78. The highest BCUT2D eigenvalue weighted by atomic mass is 35.5. The summed E-state index contributed by atoms with van der Waals surface area (Å²) in [6.45, 7) is 0. The van der Waals surface area contributed by atoms with Gasteiger partial charge in [0.2, 0.25) is 0 Å². The summed E-state index contributed by atoms with van der Waals surface area (Å²) in [5.74, 6) is -0.797. The number of hydrogen-bond acceptors (Lipinski definition) is 2. The molecule has 0 unspecified atom stereocenters. The molecule has 0 bridgehead atoms. The average Bonchev–Trinajstić information content (AvgIpc) is 3.01. The summed E-state index contributed by atoms with van der Waals surface area (Å²) in [4.78, 5) is 10.3. The Balaban J connectivity index is 1.82. The van der Waals surface area contributed by atoms with E-state index in [-0.39, 0.29) is 34.8 Å². The second kappa shape index (κ2) is 8.18. The zero-order valence-corrected chi connectivity index (χ0v) is 17.6. The molecular weight excluding hydrogens is 498 g/mol. The molecule has 0 saturated heterocycles. The molecule has 2 heterocycles. The molecule has 1 aliphatic rings. The number of allylic oxidation sites excluding steroid dienone is 1. The fourth-order valence-electron chi connectivity index (χ4n) is 3.25. The maximum Gasteiger partial charge on any atom is 0.435 e. The number of halogens is 9. The number of fused-ring (bicyclic) bond motifs is 1. The van der Waals surface area contributed by atoms with E-state index in [4.69, 9.17) is 23.2 Å². The second-order valence-electron chi connectivity index (χ2n) is 6.98. The highest BCUT2D eigenvalue weighted by molar-refractivity contribution is 6.39. The van der Waals surface area contributed by atoms with Crippen molar-refractivity contribution in [2.75, 3.05) is 0 Å². The summed E-state index contributed by atoms with van der Waals surface area (Å²) in [5, 5.41) is -0.876. The van der Waals surface area contributed by atoms with Gasteiger partial charge in [0.15, 0.2) is 5.71 Å². The third-order valence-electron chi connectivity index (χ3n) is 4.75. The number of nitrogens with one attached hydrogen (secondary N) is 1. The van der Waals surface area contributed by atoms with Gasteiger partial charge in [0.1, 0.15) is 17.3 Å². The van der Waals surface area contributed by atoms with Crippen molar-refractivity contribution >= 4 is 34.6 Å². The van der Waals surface area contributed by atoms with Crippen molar-refractivity contribution in [2.45, 2.75) is 18.8 Å². The molecule has 0 atom stereocenters. The molecule has 1 N–H and O–H groups in total. The van der Waals surface area contributed by atoms with E-state index in [1.54, 1.807) is 0 Å². The lowest BCUT2D eigenvalue weighted by Crippen LogP contribution is -2.25. The molecule has 12 heteroatoms. The molecule has 3 nitrogen and oxygen atoms in total. The number of aliphatic imine (C=N–C) groups is 1. The molecular formula is C21H10Cl2F7N3. The van der Waals surface area contributed by atoms with Crippen LogP contribution in [0.1, 0.15) is 22.5 Å². The molecule has 4 rings (SSSR count). The monoisotopic (exact) mass is 507 g/mol. The van der Waals surface area contributed by atoms with Crippen LogP contribution in [0.4, 0.5) is 30.7 Å². The largest absolute Gasteiger partial charge is 0.435 e. The van der Waals surface area contributed by atoms with Crippen LogP contribution in [-0.4, -0.2) is 21.9 Å². The van der Waals surface area contributed by atoms with Crippen molar-refractivity contribution < 1.29 is 30.7 Å². The van der Waals surface area contributed by atoms with Crippen LogP contribution < -0.4 is 0 Å². The van der Waals surface area contributed by atoms with Crippen LogP contribution in [0.2, 0.25) is 10.0 Å². The number of benzene rings is 2. The fraction of sp³-hybridized carbons (Fsp3) is 0.143. The zero-order chi connectivity index (χ0) is 24.1. The predicted octanol–water partition coefficient (Wildman–Crippen LogP) is 7.49. The van der Waals surface area contributed by atoms with Crippen LogP contribution in [0.15, 0.2) is 47.5 Å². The van der Waals surface area contributed by atoms with Crippen molar-refractivity contribution in [1.29, 1.82) is 0 Å². The first-order valence-corrected chi connectivity index (χ1v) is 9.88. The van der Waals surface area contributed by atoms with E-state index in [2.05, 4.69) is 15.0 Å². The van der Waals surface area contributed by atoms with Gasteiger partial charge < -0.3 is 4.98 Å². The molecule has 3 aromatic rings. The number of aromatic nitrogens is 2. The highest BCUT2D eigenvalue weighted by Crippen LogP contribution is 2.41. The topological polar surface area (TPSA) is 41.0 Å². The van der Waals surface area contributed by atoms with Gasteiger partial charge in [-0.05, 0) is 36.4 Å². The molecule has 0 radical (unpaired) electrons. The lowest BCUT2D eigenvalue weighted by Gasteiger charge is -2.11. The molecule has 172 valence electrons. The quantitative estimate of drug-likeness (QED) is 0.358. The van der Waals surface area contributed by atoms with Gasteiger partial charge in [-0.1, -0.05) is 29.3 Å². The Morgan fingerprint density at radius 2 is 1.48 bits per heavy atom. The van der Waals surface area contributed by atoms with Gasteiger partial charge in [-0.3, -0.25) is 0 Å². The number of imidazole rings is 1. The summed E-state index contributed by atoms with van der Waals surface area (Å²) >= 11 is 11.9. The van der Waals surface area contributed by atoms with E-state index in [0.29, 0.717) is 12.1 Å². The Morgan fingerprint density at radius 3 is 2.03 bits per heavy atom. The summed E-state index contributed by atoms with van der Waals surface area (Å²) in [6, 6.07) is 5.99. The lowest BCUT2D eigenvalue weighted by atomic mass is 10.1. The molecule has 0 fully saturated rings. The van der Waals surface area contributed by atoms with Gasteiger partial charge in [0.25, 0.3) is 0 Å². The van der Waals surface area contributed by atoms with Crippen LogP contribution >= 0.6 is 23.2 Å².